The van der Waals surface area contributed by atoms with Crippen molar-refractivity contribution >= 4 is 11.8 Å². The molecule has 0 aliphatic carbocycles. The lowest BCUT2D eigenvalue weighted by Crippen LogP contribution is -2.25. The van der Waals surface area contributed by atoms with Crippen LogP contribution in [0.1, 0.15) is 24.2 Å². The summed E-state index contributed by atoms with van der Waals surface area (Å²) in [6.07, 6.45) is 0.673. The highest BCUT2D eigenvalue weighted by Gasteiger charge is 2.21. The molecule has 0 bridgehead atoms. The Kier molecular flexibility index (Phi) is 5.31. The molecule has 2 atom stereocenters. The van der Waals surface area contributed by atoms with Crippen LogP contribution in [0.3, 0.4) is 0 Å². The predicted molar refractivity (Wildman–Crippen MR) is 79.6 cm³/mol. The van der Waals surface area contributed by atoms with Gasteiger partial charge in [-0.05, 0) is 42.3 Å². The summed E-state index contributed by atoms with van der Waals surface area (Å²) in [5.74, 6) is -1.33. The molecule has 2 aromatic rings. The number of halogens is 3. The Hall–Kier alpha value is -1.46. The van der Waals surface area contributed by atoms with Crippen LogP contribution < -0.4 is 5.73 Å². The maximum Gasteiger partial charge on any atom is 0.136 e. The van der Waals surface area contributed by atoms with Crippen molar-refractivity contribution in [2.24, 2.45) is 5.73 Å². The Morgan fingerprint density at radius 3 is 2.24 bits per heavy atom. The van der Waals surface area contributed by atoms with E-state index >= 15 is 0 Å². The molecule has 0 fully saturated rings. The molecule has 0 saturated heterocycles. The standard InChI is InChI=1S/C16H16F3NS/c1-2-14(20)16(10-3-5-11(17)6-4-10)21-15-9-12(18)7-8-13(15)19/h3-9,14,16H,2,20H2,1H3. The highest BCUT2D eigenvalue weighted by molar-refractivity contribution is 7.99. The number of thioether (sulfide) groups is 1. The molecule has 0 heterocycles. The lowest BCUT2D eigenvalue weighted by molar-refractivity contribution is 0.574. The van der Waals surface area contributed by atoms with E-state index in [1.54, 1.807) is 12.1 Å². The number of rotatable bonds is 5. The molecule has 2 rings (SSSR count). The van der Waals surface area contributed by atoms with Crippen molar-refractivity contribution in [3.8, 4) is 0 Å². The van der Waals surface area contributed by atoms with Crippen molar-refractivity contribution in [1.82, 2.24) is 0 Å². The average molecular weight is 311 g/mol. The van der Waals surface area contributed by atoms with Crippen LogP contribution in [0.15, 0.2) is 47.4 Å². The van der Waals surface area contributed by atoms with Gasteiger partial charge in [0.2, 0.25) is 0 Å². The summed E-state index contributed by atoms with van der Waals surface area (Å²) in [6.45, 7) is 1.92. The third-order valence-electron chi connectivity index (χ3n) is 3.21. The maximum absolute atomic E-state index is 13.8. The van der Waals surface area contributed by atoms with E-state index in [0.29, 0.717) is 6.42 Å². The summed E-state index contributed by atoms with van der Waals surface area (Å²) < 4.78 is 40.1. The monoisotopic (exact) mass is 311 g/mol. The minimum Gasteiger partial charge on any atom is -0.326 e. The highest BCUT2D eigenvalue weighted by atomic mass is 32.2. The van der Waals surface area contributed by atoms with E-state index in [4.69, 9.17) is 5.73 Å². The third-order valence-corrected chi connectivity index (χ3v) is 4.65. The first kappa shape index (κ1) is 15.9. The van der Waals surface area contributed by atoms with Crippen LogP contribution in [0.5, 0.6) is 0 Å². The third kappa shape index (κ3) is 4.02. The number of benzene rings is 2. The zero-order valence-electron chi connectivity index (χ0n) is 11.5. The molecule has 0 aromatic heterocycles. The summed E-state index contributed by atoms with van der Waals surface area (Å²) in [5.41, 5.74) is 6.88. The summed E-state index contributed by atoms with van der Waals surface area (Å²) >= 11 is 1.16. The van der Waals surface area contributed by atoms with Gasteiger partial charge in [-0.25, -0.2) is 13.2 Å². The smallest absolute Gasteiger partial charge is 0.136 e. The molecule has 0 saturated carbocycles. The van der Waals surface area contributed by atoms with Crippen molar-refractivity contribution < 1.29 is 13.2 Å². The first-order valence-corrected chi connectivity index (χ1v) is 7.52. The zero-order valence-corrected chi connectivity index (χ0v) is 12.3. The largest absolute Gasteiger partial charge is 0.326 e. The summed E-state index contributed by atoms with van der Waals surface area (Å²) in [4.78, 5) is 0.202. The quantitative estimate of drug-likeness (QED) is 0.812. The molecule has 0 aliphatic rings. The van der Waals surface area contributed by atoms with Gasteiger partial charge >= 0.3 is 0 Å². The van der Waals surface area contributed by atoms with Crippen molar-refractivity contribution in [1.29, 1.82) is 0 Å². The molecule has 2 aromatic carbocycles. The second-order valence-corrected chi connectivity index (χ2v) is 5.92. The first-order chi connectivity index (χ1) is 10.0. The molecule has 21 heavy (non-hydrogen) atoms. The molecule has 0 radical (unpaired) electrons. The Labute approximate surface area is 126 Å². The van der Waals surface area contributed by atoms with E-state index in [1.165, 1.54) is 12.1 Å². The molecular weight excluding hydrogens is 295 g/mol. The van der Waals surface area contributed by atoms with Crippen LogP contribution in [0.4, 0.5) is 13.2 Å². The van der Waals surface area contributed by atoms with Gasteiger partial charge in [0.15, 0.2) is 0 Å². The topological polar surface area (TPSA) is 26.0 Å². The Bertz CT molecular complexity index is 601. The van der Waals surface area contributed by atoms with Crippen LogP contribution >= 0.6 is 11.8 Å². The fourth-order valence-electron chi connectivity index (χ4n) is 1.97. The second-order valence-electron chi connectivity index (χ2n) is 4.74. The van der Waals surface area contributed by atoms with E-state index < -0.39 is 11.6 Å². The van der Waals surface area contributed by atoms with Crippen molar-refractivity contribution in [3.05, 3.63) is 65.5 Å². The maximum atomic E-state index is 13.8. The molecule has 2 N–H and O–H groups in total. The van der Waals surface area contributed by atoms with Gasteiger partial charge in [-0.2, -0.15) is 0 Å². The molecule has 112 valence electrons. The van der Waals surface area contributed by atoms with Gasteiger partial charge < -0.3 is 5.73 Å². The SMILES string of the molecule is CCC(N)C(Sc1cc(F)ccc1F)c1ccc(F)cc1. The van der Waals surface area contributed by atoms with Gasteiger partial charge in [0, 0.05) is 16.2 Å². The van der Waals surface area contributed by atoms with Crippen LogP contribution in [0.25, 0.3) is 0 Å². The second kappa shape index (κ2) is 7.00. The fourth-order valence-corrected chi connectivity index (χ4v) is 3.27. The van der Waals surface area contributed by atoms with Crippen LogP contribution in [0.2, 0.25) is 0 Å². The van der Waals surface area contributed by atoms with Crippen LogP contribution in [0, 0.1) is 17.5 Å². The molecule has 2 unspecified atom stereocenters. The number of hydrogen-bond donors (Lipinski definition) is 1. The summed E-state index contributed by atoms with van der Waals surface area (Å²) in [5, 5.41) is -0.271. The van der Waals surface area contributed by atoms with Crippen molar-refractivity contribution in [3.63, 3.8) is 0 Å². The highest BCUT2D eigenvalue weighted by Crippen LogP contribution is 2.39. The zero-order chi connectivity index (χ0) is 15.4. The van der Waals surface area contributed by atoms with E-state index in [9.17, 15) is 13.2 Å². The Morgan fingerprint density at radius 2 is 1.62 bits per heavy atom. The molecular formula is C16H16F3NS. The number of nitrogens with two attached hydrogens (primary N) is 1. The van der Waals surface area contributed by atoms with Gasteiger partial charge in [0.05, 0.1) is 0 Å². The molecule has 1 nitrogen and oxygen atoms in total. The molecule has 5 heteroatoms. The van der Waals surface area contributed by atoms with Crippen molar-refractivity contribution in [2.75, 3.05) is 0 Å². The van der Waals surface area contributed by atoms with Crippen LogP contribution in [-0.2, 0) is 0 Å². The van der Waals surface area contributed by atoms with Gasteiger partial charge in [0.1, 0.15) is 17.5 Å². The van der Waals surface area contributed by atoms with Gasteiger partial charge in [0.25, 0.3) is 0 Å². The van der Waals surface area contributed by atoms with Gasteiger partial charge in [-0.15, -0.1) is 11.8 Å². The van der Waals surface area contributed by atoms with E-state index in [0.717, 1.165) is 35.5 Å². The lowest BCUT2D eigenvalue weighted by Gasteiger charge is -2.23. The van der Waals surface area contributed by atoms with Gasteiger partial charge in [-0.1, -0.05) is 19.1 Å². The van der Waals surface area contributed by atoms with Gasteiger partial charge in [-0.3, -0.25) is 0 Å². The summed E-state index contributed by atoms with van der Waals surface area (Å²) in [7, 11) is 0. The lowest BCUT2D eigenvalue weighted by atomic mass is 10.0. The minimum atomic E-state index is -0.498. The van der Waals surface area contributed by atoms with Crippen LogP contribution in [-0.4, -0.2) is 6.04 Å². The normalized spacial score (nSPS) is 14.0. The first-order valence-electron chi connectivity index (χ1n) is 6.64. The van der Waals surface area contributed by atoms with E-state index in [2.05, 4.69) is 0 Å². The Balaban J connectivity index is 2.32. The molecule has 0 aliphatic heterocycles. The molecule has 0 spiro atoms. The summed E-state index contributed by atoms with van der Waals surface area (Å²) in [6, 6.07) is 9.00. The minimum absolute atomic E-state index is 0.202. The average Bonchev–Trinajstić information content (AvgIpc) is 2.48. The molecule has 0 amide bonds. The van der Waals surface area contributed by atoms with E-state index in [1.807, 2.05) is 6.92 Å². The number of hydrogen-bond acceptors (Lipinski definition) is 2. The fraction of sp³-hybridized carbons (Fsp3) is 0.250. The van der Waals surface area contributed by atoms with E-state index in [-0.39, 0.29) is 22.0 Å². The predicted octanol–water partition coefficient (Wildman–Crippen LogP) is 4.67. The Morgan fingerprint density at radius 1 is 1.00 bits per heavy atom. The van der Waals surface area contributed by atoms with Crippen molar-refractivity contribution in [2.45, 2.75) is 29.5 Å².